The maximum Gasteiger partial charge on any atom is 0.418 e. The normalized spacial score (nSPS) is 11.7. The van der Waals surface area contributed by atoms with Gasteiger partial charge in [-0.1, -0.05) is 50.2 Å². The molecule has 0 saturated carbocycles. The molecule has 6 heteroatoms. The van der Waals surface area contributed by atoms with Crippen LogP contribution in [0.25, 0.3) is 54.8 Å². The summed E-state index contributed by atoms with van der Waals surface area (Å²) in [6.45, 7) is 4.09. The molecule has 0 N–H and O–H groups in total. The van der Waals surface area contributed by atoms with Gasteiger partial charge in [-0.05, 0) is 62.6 Å². The summed E-state index contributed by atoms with van der Waals surface area (Å²) in [6.07, 6.45) is -1.26. The third kappa shape index (κ3) is 4.41. The molecule has 0 amide bonds. The number of benzene rings is 4. The average molecular weight is 670 g/mol. The minimum atomic E-state index is -4.47. The molecule has 0 aliphatic rings. The average Bonchev–Trinajstić information content (AvgIpc) is 2.86. The molecule has 2 aromatic heterocycles. The van der Waals surface area contributed by atoms with E-state index in [0.717, 1.165) is 55.6 Å². The SMILES string of the molecule is Cc1[c-]c(-c2nccc3c2ccc2cc(-c4ccc(C(F)(F)F)c5ncccc45)ccc23)cc(C)c1.[Ir]. The zero-order chi connectivity index (χ0) is 25.0. The number of aryl methyl sites for hydroxylation is 2. The van der Waals surface area contributed by atoms with Crippen LogP contribution in [0.2, 0.25) is 0 Å². The minimum absolute atomic E-state index is 0. The summed E-state index contributed by atoms with van der Waals surface area (Å²) >= 11 is 0. The van der Waals surface area contributed by atoms with Crippen LogP contribution in [0.3, 0.4) is 0 Å². The molecule has 0 atom stereocenters. The first-order valence-electron chi connectivity index (χ1n) is 11.6. The quantitative estimate of drug-likeness (QED) is 0.136. The zero-order valence-electron chi connectivity index (χ0n) is 19.9. The Morgan fingerprint density at radius 3 is 2.32 bits per heavy atom. The molecule has 2 nitrogen and oxygen atoms in total. The Kier molecular flexibility index (Phi) is 6.35. The molecule has 6 rings (SSSR count). The molecular weight excluding hydrogens is 650 g/mol. The standard InChI is InChI=1S/C31H20F3N2.Ir/c1-18-14-19(2)16-22(15-18)29-27-8-6-20-17-21(5-7-23(20)25(27)11-13-36-29)24-9-10-28(31(32,33)34)30-26(24)4-3-12-35-30;/h3-15,17H,1-2H3;/q-1;. The minimum Gasteiger partial charge on any atom is -0.304 e. The maximum atomic E-state index is 13.6. The van der Waals surface area contributed by atoms with Gasteiger partial charge in [0.25, 0.3) is 0 Å². The van der Waals surface area contributed by atoms with Crippen LogP contribution in [0.4, 0.5) is 13.2 Å². The van der Waals surface area contributed by atoms with E-state index in [9.17, 15) is 13.2 Å². The molecule has 2 heterocycles. The number of fused-ring (bicyclic) bond motifs is 4. The van der Waals surface area contributed by atoms with Crippen molar-refractivity contribution in [2.24, 2.45) is 0 Å². The summed E-state index contributed by atoms with van der Waals surface area (Å²) in [5.74, 6) is 0. The van der Waals surface area contributed by atoms with Crippen LogP contribution >= 0.6 is 0 Å². The van der Waals surface area contributed by atoms with Crippen LogP contribution in [0, 0.1) is 19.9 Å². The fourth-order valence-electron chi connectivity index (χ4n) is 5.05. The summed E-state index contributed by atoms with van der Waals surface area (Å²) in [6, 6.07) is 25.7. The molecule has 0 aliphatic heterocycles. The van der Waals surface area contributed by atoms with Crippen LogP contribution in [-0.2, 0) is 26.3 Å². The maximum absolute atomic E-state index is 13.6. The summed E-state index contributed by atoms with van der Waals surface area (Å²) < 4.78 is 40.7. The predicted octanol–water partition coefficient (Wildman–Crippen LogP) is 8.70. The van der Waals surface area contributed by atoms with Crippen LogP contribution in [-0.4, -0.2) is 9.97 Å². The van der Waals surface area contributed by atoms with Crippen molar-refractivity contribution in [2.75, 3.05) is 0 Å². The Labute approximate surface area is 225 Å². The summed E-state index contributed by atoms with van der Waals surface area (Å²) in [4.78, 5) is 8.72. The zero-order valence-corrected chi connectivity index (χ0v) is 22.3. The van der Waals surface area contributed by atoms with Crippen molar-refractivity contribution < 1.29 is 33.3 Å². The van der Waals surface area contributed by atoms with Gasteiger partial charge in [-0.3, -0.25) is 4.98 Å². The monoisotopic (exact) mass is 670 g/mol. The number of alkyl halides is 3. The number of halogens is 3. The van der Waals surface area contributed by atoms with Gasteiger partial charge in [0.1, 0.15) is 0 Å². The fourth-order valence-corrected chi connectivity index (χ4v) is 5.05. The van der Waals surface area contributed by atoms with Crippen LogP contribution in [0.15, 0.2) is 85.2 Å². The van der Waals surface area contributed by atoms with Gasteiger partial charge in [0.15, 0.2) is 0 Å². The Hall–Kier alpha value is -3.60. The van der Waals surface area contributed by atoms with Gasteiger partial charge >= 0.3 is 6.18 Å². The van der Waals surface area contributed by atoms with Crippen molar-refractivity contribution in [3.8, 4) is 22.4 Å². The fraction of sp³-hybridized carbons (Fsp3) is 0.0968. The van der Waals surface area contributed by atoms with Gasteiger partial charge in [0, 0.05) is 37.9 Å². The van der Waals surface area contributed by atoms with Crippen LogP contribution < -0.4 is 0 Å². The van der Waals surface area contributed by atoms with E-state index in [4.69, 9.17) is 0 Å². The van der Waals surface area contributed by atoms with E-state index >= 15 is 0 Å². The first kappa shape index (κ1) is 25.1. The molecule has 37 heavy (non-hydrogen) atoms. The van der Waals surface area contributed by atoms with Gasteiger partial charge in [-0.25, -0.2) is 0 Å². The smallest absolute Gasteiger partial charge is 0.304 e. The van der Waals surface area contributed by atoms with Gasteiger partial charge in [0.05, 0.1) is 11.1 Å². The number of pyridine rings is 2. The van der Waals surface area contributed by atoms with E-state index in [-0.39, 0.29) is 25.6 Å². The first-order valence-corrected chi connectivity index (χ1v) is 11.6. The van der Waals surface area contributed by atoms with Gasteiger partial charge < -0.3 is 4.98 Å². The molecular formula is C31H20F3IrN2-. The predicted molar refractivity (Wildman–Crippen MR) is 139 cm³/mol. The van der Waals surface area contributed by atoms with E-state index in [1.807, 2.05) is 43.5 Å². The van der Waals surface area contributed by atoms with Crippen molar-refractivity contribution >= 4 is 32.4 Å². The number of hydrogen-bond donors (Lipinski definition) is 0. The largest absolute Gasteiger partial charge is 0.418 e. The molecule has 0 aliphatic carbocycles. The Morgan fingerprint density at radius 2 is 1.54 bits per heavy atom. The molecule has 0 spiro atoms. The van der Waals surface area contributed by atoms with Crippen LogP contribution in [0.5, 0.6) is 0 Å². The number of hydrogen-bond acceptors (Lipinski definition) is 2. The summed E-state index contributed by atoms with van der Waals surface area (Å²) in [7, 11) is 0. The Bertz CT molecular complexity index is 1790. The second-order valence-electron chi connectivity index (χ2n) is 9.07. The molecule has 0 unspecified atom stereocenters. The Morgan fingerprint density at radius 1 is 0.730 bits per heavy atom. The van der Waals surface area contributed by atoms with Gasteiger partial charge in [0.2, 0.25) is 0 Å². The topological polar surface area (TPSA) is 25.8 Å². The molecule has 1 radical (unpaired) electrons. The molecule has 0 fully saturated rings. The van der Waals surface area contributed by atoms with Crippen molar-refractivity contribution in [1.29, 1.82) is 0 Å². The molecule has 0 bridgehead atoms. The second-order valence-corrected chi connectivity index (χ2v) is 9.07. The second kappa shape index (κ2) is 9.37. The van der Waals surface area contributed by atoms with E-state index in [1.165, 1.54) is 12.3 Å². The number of rotatable bonds is 2. The molecule has 4 aromatic carbocycles. The van der Waals surface area contributed by atoms with Crippen LogP contribution in [0.1, 0.15) is 16.7 Å². The van der Waals surface area contributed by atoms with Crippen molar-refractivity contribution in [2.45, 2.75) is 20.0 Å². The molecule has 0 saturated heterocycles. The third-order valence-corrected chi connectivity index (χ3v) is 6.55. The number of nitrogens with zero attached hydrogens (tertiary/aromatic N) is 2. The van der Waals surface area contributed by atoms with E-state index in [2.05, 4.69) is 41.2 Å². The van der Waals surface area contributed by atoms with E-state index in [1.54, 1.807) is 12.1 Å². The Balaban J connectivity index is 0.00000280. The van der Waals surface area contributed by atoms with E-state index in [0.29, 0.717) is 10.9 Å². The van der Waals surface area contributed by atoms with Gasteiger partial charge in [-0.2, -0.15) is 13.2 Å². The van der Waals surface area contributed by atoms with Crippen molar-refractivity contribution in [3.63, 3.8) is 0 Å². The van der Waals surface area contributed by atoms with Gasteiger partial charge in [-0.15, -0.1) is 34.9 Å². The summed E-state index contributed by atoms with van der Waals surface area (Å²) in [5, 5.41) is 4.63. The summed E-state index contributed by atoms with van der Waals surface area (Å²) in [5.41, 5.74) is 4.84. The molecule has 6 aromatic rings. The first-order chi connectivity index (χ1) is 17.3. The molecule has 185 valence electrons. The number of aromatic nitrogens is 2. The third-order valence-electron chi connectivity index (χ3n) is 6.55. The van der Waals surface area contributed by atoms with E-state index < -0.39 is 11.7 Å². The van der Waals surface area contributed by atoms with Crippen molar-refractivity contribution in [3.05, 3.63) is 108 Å². The van der Waals surface area contributed by atoms with Crippen molar-refractivity contribution in [1.82, 2.24) is 9.97 Å².